The molecule has 3 heterocycles. The third-order valence-corrected chi connectivity index (χ3v) is 6.18. The van der Waals surface area contributed by atoms with E-state index in [0.717, 1.165) is 52.0 Å². The van der Waals surface area contributed by atoms with Crippen LogP contribution in [0.3, 0.4) is 0 Å². The zero-order chi connectivity index (χ0) is 21.6. The first kappa shape index (κ1) is 20.0. The summed E-state index contributed by atoms with van der Waals surface area (Å²) in [6.07, 6.45) is 3.30. The molecule has 6 nitrogen and oxygen atoms in total. The lowest BCUT2D eigenvalue weighted by molar-refractivity contribution is 0.0547. The molecule has 2 aromatic heterocycles. The van der Waals surface area contributed by atoms with Gasteiger partial charge >= 0.3 is 6.09 Å². The van der Waals surface area contributed by atoms with Crippen molar-refractivity contribution in [1.29, 1.82) is 0 Å². The van der Waals surface area contributed by atoms with Crippen LogP contribution in [0.2, 0.25) is 0 Å². The zero-order valence-electron chi connectivity index (χ0n) is 18.1. The van der Waals surface area contributed by atoms with Crippen LogP contribution in [0.4, 0.5) is 10.5 Å². The van der Waals surface area contributed by atoms with Crippen molar-refractivity contribution >= 4 is 45.4 Å². The number of ether oxygens (including phenoxy) is 1. The first-order chi connectivity index (χ1) is 14.9. The van der Waals surface area contributed by atoms with E-state index in [0.29, 0.717) is 0 Å². The van der Waals surface area contributed by atoms with Gasteiger partial charge in [0.05, 0.1) is 28.6 Å². The summed E-state index contributed by atoms with van der Waals surface area (Å²) in [7, 11) is 0. The molecule has 0 radical (unpaired) electrons. The van der Waals surface area contributed by atoms with E-state index in [1.54, 1.807) is 4.57 Å². The fourth-order valence-electron chi connectivity index (χ4n) is 4.31. The minimum absolute atomic E-state index is 0.389. The molecule has 0 amide bonds. The van der Waals surface area contributed by atoms with E-state index in [1.807, 2.05) is 51.1 Å². The number of benzene rings is 2. The van der Waals surface area contributed by atoms with Crippen molar-refractivity contribution in [3.05, 3.63) is 42.5 Å². The number of piperidine rings is 1. The van der Waals surface area contributed by atoms with Gasteiger partial charge in [0, 0.05) is 24.0 Å². The zero-order valence-corrected chi connectivity index (χ0v) is 18.9. The fraction of sp³-hybridized carbons (Fsp3) is 0.375. The Bertz CT molecular complexity index is 1260. The summed E-state index contributed by atoms with van der Waals surface area (Å²) in [5.41, 5.74) is 4.78. The smallest absolute Gasteiger partial charge is 0.419 e. The Balaban J connectivity index is 1.69. The summed E-state index contributed by atoms with van der Waals surface area (Å²) >= 11 is 1.22. The number of rotatable bonds is 2. The molecule has 0 unspecified atom stereocenters. The minimum atomic E-state index is -0.588. The van der Waals surface area contributed by atoms with Gasteiger partial charge in [0.15, 0.2) is 0 Å². The molecule has 2 aromatic carbocycles. The number of hydrogen-bond acceptors (Lipinski definition) is 6. The Morgan fingerprint density at radius 1 is 1.00 bits per heavy atom. The van der Waals surface area contributed by atoms with Crippen LogP contribution in [0, 0.1) is 0 Å². The quantitative estimate of drug-likeness (QED) is 0.382. The largest absolute Gasteiger partial charge is 0.443 e. The lowest BCUT2D eigenvalue weighted by Crippen LogP contribution is -2.29. The molecule has 1 aliphatic rings. The van der Waals surface area contributed by atoms with E-state index >= 15 is 0 Å². The lowest BCUT2D eigenvalue weighted by atomic mass is 10.1. The van der Waals surface area contributed by atoms with E-state index in [1.165, 1.54) is 31.0 Å². The SMILES string of the molecule is CC(C)(C)OC(=O)n1c(-c2ccc(N3CCCCC3)c3nsnc23)cc2ccccc21. The van der Waals surface area contributed by atoms with Crippen LogP contribution in [-0.2, 0) is 4.74 Å². The summed E-state index contributed by atoms with van der Waals surface area (Å²) in [5, 5.41) is 0.986. The molecular formula is C24H26N4O2S. The summed E-state index contributed by atoms with van der Waals surface area (Å²) in [4.78, 5) is 15.6. The second-order valence-corrected chi connectivity index (χ2v) is 9.57. The number of nitrogens with zero attached hydrogens (tertiary/aromatic N) is 4. The Morgan fingerprint density at radius 2 is 1.74 bits per heavy atom. The minimum Gasteiger partial charge on any atom is -0.443 e. The van der Waals surface area contributed by atoms with Gasteiger partial charge in [0.25, 0.3) is 0 Å². The standard InChI is InChI=1S/C24H26N4O2S/c1-24(2,3)30-23(29)28-18-10-6-5-9-16(18)15-20(28)17-11-12-19(22-21(17)25-31-26-22)27-13-7-4-8-14-27/h5-6,9-12,15H,4,7-8,13-14H2,1-3H3. The number of anilines is 1. The van der Waals surface area contributed by atoms with Crippen LogP contribution >= 0.6 is 11.7 Å². The van der Waals surface area contributed by atoms with Gasteiger partial charge in [0.2, 0.25) is 0 Å². The predicted octanol–water partition coefficient (Wildman–Crippen LogP) is 6.09. The number of carbonyl (C=O) groups excluding carboxylic acids is 1. The van der Waals surface area contributed by atoms with Gasteiger partial charge < -0.3 is 9.64 Å². The van der Waals surface area contributed by atoms with Gasteiger partial charge in [-0.15, -0.1) is 0 Å². The van der Waals surface area contributed by atoms with E-state index in [-0.39, 0.29) is 6.09 Å². The van der Waals surface area contributed by atoms with Gasteiger partial charge in [-0.2, -0.15) is 8.75 Å². The average Bonchev–Trinajstić information content (AvgIpc) is 3.37. The van der Waals surface area contributed by atoms with Crippen molar-refractivity contribution in [3.63, 3.8) is 0 Å². The maximum Gasteiger partial charge on any atom is 0.419 e. The molecule has 1 fully saturated rings. The Morgan fingerprint density at radius 3 is 2.52 bits per heavy atom. The molecule has 0 N–H and O–H groups in total. The normalized spacial score (nSPS) is 15.0. The fourth-order valence-corrected chi connectivity index (χ4v) is 4.88. The number of carbonyl (C=O) groups is 1. The maximum atomic E-state index is 13.2. The topological polar surface area (TPSA) is 60.2 Å². The second kappa shape index (κ2) is 7.64. The molecule has 0 aliphatic carbocycles. The molecule has 0 saturated carbocycles. The summed E-state index contributed by atoms with van der Waals surface area (Å²) < 4.78 is 16.7. The summed E-state index contributed by atoms with van der Waals surface area (Å²) in [5.74, 6) is 0. The monoisotopic (exact) mass is 434 g/mol. The maximum absolute atomic E-state index is 13.2. The highest BCUT2D eigenvalue weighted by Gasteiger charge is 2.25. The molecule has 31 heavy (non-hydrogen) atoms. The van der Waals surface area contributed by atoms with Gasteiger partial charge in [-0.3, -0.25) is 0 Å². The lowest BCUT2D eigenvalue weighted by Gasteiger charge is -2.29. The van der Waals surface area contributed by atoms with Crippen molar-refractivity contribution in [2.24, 2.45) is 0 Å². The van der Waals surface area contributed by atoms with E-state index < -0.39 is 5.60 Å². The highest BCUT2D eigenvalue weighted by molar-refractivity contribution is 7.00. The van der Waals surface area contributed by atoms with Crippen molar-refractivity contribution in [2.45, 2.75) is 45.6 Å². The second-order valence-electron chi connectivity index (χ2n) is 9.05. The molecule has 7 heteroatoms. The molecule has 4 aromatic rings. The van der Waals surface area contributed by atoms with Gasteiger partial charge in [-0.1, -0.05) is 18.2 Å². The van der Waals surface area contributed by atoms with Crippen LogP contribution in [0.15, 0.2) is 42.5 Å². The predicted molar refractivity (Wildman–Crippen MR) is 126 cm³/mol. The van der Waals surface area contributed by atoms with Gasteiger partial charge in [0.1, 0.15) is 16.6 Å². The average molecular weight is 435 g/mol. The van der Waals surface area contributed by atoms with E-state index in [4.69, 9.17) is 4.74 Å². The third kappa shape index (κ3) is 3.67. The number of aromatic nitrogens is 3. The molecule has 0 bridgehead atoms. The Labute approximate surface area is 185 Å². The van der Waals surface area contributed by atoms with Crippen LogP contribution in [0.25, 0.3) is 33.2 Å². The van der Waals surface area contributed by atoms with Gasteiger partial charge in [-0.25, -0.2) is 9.36 Å². The van der Waals surface area contributed by atoms with Crippen molar-refractivity contribution in [2.75, 3.05) is 18.0 Å². The van der Waals surface area contributed by atoms with Gasteiger partial charge in [-0.05, 0) is 64.3 Å². The Kier molecular flexibility index (Phi) is 4.93. The molecule has 5 rings (SSSR count). The Hall–Kier alpha value is -2.93. The summed E-state index contributed by atoms with van der Waals surface area (Å²) in [6, 6.07) is 14.1. The van der Waals surface area contributed by atoms with Crippen molar-refractivity contribution in [1.82, 2.24) is 13.3 Å². The van der Waals surface area contributed by atoms with Crippen LogP contribution in [0.5, 0.6) is 0 Å². The molecule has 1 aliphatic heterocycles. The highest BCUT2D eigenvalue weighted by Crippen LogP contribution is 2.37. The molecule has 160 valence electrons. The molecular weight excluding hydrogens is 408 g/mol. The highest BCUT2D eigenvalue weighted by atomic mass is 32.1. The van der Waals surface area contributed by atoms with E-state index in [9.17, 15) is 4.79 Å². The number of hydrogen-bond donors (Lipinski definition) is 0. The number of fused-ring (bicyclic) bond motifs is 2. The number of para-hydroxylation sites is 1. The molecule has 1 saturated heterocycles. The molecule has 0 atom stereocenters. The molecule has 0 spiro atoms. The van der Waals surface area contributed by atoms with Crippen molar-refractivity contribution in [3.8, 4) is 11.3 Å². The van der Waals surface area contributed by atoms with Crippen molar-refractivity contribution < 1.29 is 9.53 Å². The first-order valence-electron chi connectivity index (χ1n) is 10.8. The third-order valence-electron chi connectivity index (χ3n) is 5.65. The van der Waals surface area contributed by atoms with Crippen LogP contribution < -0.4 is 4.90 Å². The van der Waals surface area contributed by atoms with Crippen LogP contribution in [0.1, 0.15) is 40.0 Å². The van der Waals surface area contributed by atoms with Crippen LogP contribution in [-0.4, -0.2) is 38.1 Å². The van der Waals surface area contributed by atoms with E-state index in [2.05, 4.69) is 25.8 Å². The summed E-state index contributed by atoms with van der Waals surface area (Å²) in [6.45, 7) is 7.74. The first-order valence-corrected chi connectivity index (χ1v) is 11.5.